The summed E-state index contributed by atoms with van der Waals surface area (Å²) in [5.41, 5.74) is 0.705. The molecule has 1 aromatic rings. The zero-order valence-corrected chi connectivity index (χ0v) is 12.5. The number of anilines is 1. The number of nitrogens with zero attached hydrogens (tertiary/aromatic N) is 2. The second kappa shape index (κ2) is 5.50. The predicted molar refractivity (Wildman–Crippen MR) is 76.7 cm³/mol. The SMILES string of the molecule is COC(=O)c1c(NC(=O)CC2CC3CCC2C3)cnn1C. The highest BCUT2D eigenvalue weighted by Gasteiger charge is 2.40. The van der Waals surface area contributed by atoms with Crippen LogP contribution < -0.4 is 5.32 Å². The minimum absolute atomic E-state index is 0.0364. The van der Waals surface area contributed by atoms with Crippen LogP contribution in [0, 0.1) is 17.8 Å². The van der Waals surface area contributed by atoms with E-state index in [1.165, 1.54) is 43.7 Å². The van der Waals surface area contributed by atoms with Gasteiger partial charge in [-0.1, -0.05) is 6.42 Å². The molecule has 3 unspecified atom stereocenters. The van der Waals surface area contributed by atoms with Gasteiger partial charge in [0.25, 0.3) is 0 Å². The molecular formula is C15H21N3O3. The van der Waals surface area contributed by atoms with Crippen molar-refractivity contribution in [2.24, 2.45) is 24.8 Å². The van der Waals surface area contributed by atoms with E-state index in [-0.39, 0.29) is 11.6 Å². The normalized spacial score (nSPS) is 26.9. The first-order chi connectivity index (χ1) is 10.1. The number of aryl methyl sites for hydroxylation is 1. The van der Waals surface area contributed by atoms with Gasteiger partial charge in [-0.05, 0) is 37.0 Å². The summed E-state index contributed by atoms with van der Waals surface area (Å²) in [6.07, 6.45) is 7.09. The van der Waals surface area contributed by atoms with Crippen LogP contribution in [0.25, 0.3) is 0 Å². The van der Waals surface area contributed by atoms with Gasteiger partial charge in [0.1, 0.15) is 0 Å². The zero-order chi connectivity index (χ0) is 15.0. The maximum atomic E-state index is 12.2. The van der Waals surface area contributed by atoms with Crippen LogP contribution in [-0.2, 0) is 16.6 Å². The van der Waals surface area contributed by atoms with E-state index >= 15 is 0 Å². The topological polar surface area (TPSA) is 73.2 Å². The molecule has 0 saturated heterocycles. The molecule has 1 N–H and O–H groups in total. The van der Waals surface area contributed by atoms with Gasteiger partial charge in [-0.2, -0.15) is 5.10 Å². The largest absolute Gasteiger partial charge is 0.464 e. The van der Waals surface area contributed by atoms with Crippen LogP contribution in [0.15, 0.2) is 6.20 Å². The number of aromatic nitrogens is 2. The number of nitrogens with one attached hydrogen (secondary N) is 1. The third-order valence-electron chi connectivity index (χ3n) is 4.92. The van der Waals surface area contributed by atoms with Gasteiger partial charge in [0.05, 0.1) is 19.0 Å². The Morgan fingerprint density at radius 1 is 1.43 bits per heavy atom. The number of methoxy groups -OCH3 is 1. The summed E-state index contributed by atoms with van der Waals surface area (Å²) in [5.74, 6) is 1.52. The van der Waals surface area contributed by atoms with Gasteiger partial charge in [0, 0.05) is 13.5 Å². The van der Waals surface area contributed by atoms with Crippen LogP contribution in [0.3, 0.4) is 0 Å². The molecule has 6 nitrogen and oxygen atoms in total. The van der Waals surface area contributed by atoms with E-state index in [4.69, 9.17) is 4.74 Å². The van der Waals surface area contributed by atoms with Crippen molar-refractivity contribution in [1.29, 1.82) is 0 Å². The fourth-order valence-electron chi connectivity index (χ4n) is 3.93. The minimum Gasteiger partial charge on any atom is -0.464 e. The van der Waals surface area contributed by atoms with Crippen molar-refractivity contribution in [2.45, 2.75) is 32.1 Å². The van der Waals surface area contributed by atoms with Crippen LogP contribution in [0.2, 0.25) is 0 Å². The first kappa shape index (κ1) is 14.1. The molecule has 21 heavy (non-hydrogen) atoms. The van der Waals surface area contributed by atoms with Crippen LogP contribution in [0.5, 0.6) is 0 Å². The quantitative estimate of drug-likeness (QED) is 0.861. The van der Waals surface area contributed by atoms with Gasteiger partial charge in [-0.15, -0.1) is 0 Å². The molecule has 0 aliphatic heterocycles. The van der Waals surface area contributed by atoms with Crippen molar-refractivity contribution < 1.29 is 14.3 Å². The number of hydrogen-bond donors (Lipinski definition) is 1. The molecule has 1 aromatic heterocycles. The first-order valence-electron chi connectivity index (χ1n) is 7.48. The fraction of sp³-hybridized carbons (Fsp3) is 0.667. The van der Waals surface area contributed by atoms with Crippen LogP contribution in [0.4, 0.5) is 5.69 Å². The molecule has 1 heterocycles. The molecule has 0 spiro atoms. The summed E-state index contributed by atoms with van der Waals surface area (Å²) in [5, 5.41) is 6.82. The van der Waals surface area contributed by atoms with Crippen LogP contribution in [0.1, 0.15) is 42.6 Å². The van der Waals surface area contributed by atoms with Gasteiger partial charge in [0.15, 0.2) is 5.69 Å². The van der Waals surface area contributed by atoms with Gasteiger partial charge in [-0.3, -0.25) is 9.48 Å². The molecule has 114 valence electrons. The van der Waals surface area contributed by atoms with E-state index in [9.17, 15) is 9.59 Å². The standard InChI is InChI=1S/C15H21N3O3/c1-18-14(15(20)21-2)12(8-16-18)17-13(19)7-11-6-9-3-4-10(11)5-9/h8-11H,3-7H2,1-2H3,(H,17,19). The Morgan fingerprint density at radius 3 is 2.86 bits per heavy atom. The molecule has 3 rings (SSSR count). The Labute approximate surface area is 123 Å². The van der Waals surface area contributed by atoms with Gasteiger partial charge < -0.3 is 10.1 Å². The summed E-state index contributed by atoms with van der Waals surface area (Å²) < 4.78 is 6.14. The third-order valence-corrected chi connectivity index (χ3v) is 4.92. The molecule has 2 aliphatic rings. The van der Waals surface area contributed by atoms with Crippen molar-refractivity contribution in [3.05, 3.63) is 11.9 Å². The van der Waals surface area contributed by atoms with Gasteiger partial charge in [-0.25, -0.2) is 4.79 Å². The Morgan fingerprint density at radius 2 is 2.24 bits per heavy atom. The highest BCUT2D eigenvalue weighted by atomic mass is 16.5. The maximum absolute atomic E-state index is 12.2. The maximum Gasteiger partial charge on any atom is 0.358 e. The summed E-state index contributed by atoms with van der Waals surface area (Å²) >= 11 is 0. The van der Waals surface area contributed by atoms with Crippen molar-refractivity contribution in [3.63, 3.8) is 0 Å². The van der Waals surface area contributed by atoms with Crippen LogP contribution >= 0.6 is 0 Å². The summed E-state index contributed by atoms with van der Waals surface area (Å²) in [6, 6.07) is 0. The monoisotopic (exact) mass is 291 g/mol. The molecule has 2 saturated carbocycles. The molecular weight excluding hydrogens is 270 g/mol. The molecule has 0 radical (unpaired) electrons. The van der Waals surface area contributed by atoms with E-state index in [0.717, 1.165) is 11.8 Å². The summed E-state index contributed by atoms with van der Waals surface area (Å²) in [7, 11) is 2.97. The number of carbonyl (C=O) groups excluding carboxylic acids is 2. The van der Waals surface area contributed by atoms with Crippen molar-refractivity contribution in [2.75, 3.05) is 12.4 Å². The number of fused-ring (bicyclic) bond motifs is 2. The predicted octanol–water partition coefficient (Wildman–Crippen LogP) is 1.97. The number of hydrogen-bond acceptors (Lipinski definition) is 4. The number of ether oxygens (including phenoxy) is 1. The Bertz CT molecular complexity index is 567. The third kappa shape index (κ3) is 2.66. The molecule has 0 aromatic carbocycles. The second-order valence-electron chi connectivity index (χ2n) is 6.21. The lowest BCUT2D eigenvalue weighted by Crippen LogP contribution is -2.21. The average Bonchev–Trinajstić information content (AvgIpc) is 3.14. The lowest BCUT2D eigenvalue weighted by Gasteiger charge is -2.20. The van der Waals surface area contributed by atoms with E-state index < -0.39 is 5.97 Å². The summed E-state index contributed by atoms with van der Waals surface area (Å²) in [4.78, 5) is 23.9. The lowest BCUT2D eigenvalue weighted by atomic mass is 9.86. The molecule has 2 fully saturated rings. The van der Waals surface area contributed by atoms with Crippen LogP contribution in [-0.4, -0.2) is 28.8 Å². The molecule has 2 bridgehead atoms. The molecule has 1 amide bonds. The van der Waals surface area contributed by atoms with Gasteiger partial charge in [0.2, 0.25) is 5.91 Å². The number of amides is 1. The number of esters is 1. The number of carbonyl (C=O) groups is 2. The summed E-state index contributed by atoms with van der Waals surface area (Å²) in [6.45, 7) is 0. The Kier molecular flexibility index (Phi) is 3.69. The van der Waals surface area contributed by atoms with Crippen molar-refractivity contribution in [3.8, 4) is 0 Å². The average molecular weight is 291 g/mol. The highest BCUT2D eigenvalue weighted by molar-refractivity contribution is 5.99. The van der Waals surface area contributed by atoms with E-state index in [1.54, 1.807) is 7.05 Å². The van der Waals surface area contributed by atoms with E-state index in [2.05, 4.69) is 10.4 Å². The first-order valence-corrected chi connectivity index (χ1v) is 7.48. The molecule has 3 atom stereocenters. The second-order valence-corrected chi connectivity index (χ2v) is 6.21. The van der Waals surface area contributed by atoms with Gasteiger partial charge >= 0.3 is 5.97 Å². The zero-order valence-electron chi connectivity index (χ0n) is 12.5. The minimum atomic E-state index is -0.495. The number of rotatable bonds is 4. The lowest BCUT2D eigenvalue weighted by molar-refractivity contribution is -0.117. The van der Waals surface area contributed by atoms with Crippen molar-refractivity contribution in [1.82, 2.24) is 9.78 Å². The van der Waals surface area contributed by atoms with Crippen molar-refractivity contribution >= 4 is 17.6 Å². The van der Waals surface area contributed by atoms with E-state index in [1.807, 2.05) is 0 Å². The fourth-order valence-corrected chi connectivity index (χ4v) is 3.93. The Balaban J connectivity index is 1.64. The molecule has 2 aliphatic carbocycles. The highest BCUT2D eigenvalue weighted by Crippen LogP contribution is 2.49. The Hall–Kier alpha value is -1.85. The molecule has 6 heteroatoms. The van der Waals surface area contributed by atoms with E-state index in [0.29, 0.717) is 18.0 Å². The smallest absolute Gasteiger partial charge is 0.358 e.